The Labute approximate surface area is 100 Å². The highest BCUT2D eigenvalue weighted by atomic mass is 32.2. The molecule has 0 radical (unpaired) electrons. The van der Waals surface area contributed by atoms with E-state index in [9.17, 15) is 8.42 Å². The Morgan fingerprint density at radius 3 is 2.38 bits per heavy atom. The van der Waals surface area contributed by atoms with E-state index < -0.39 is 10.0 Å². The maximum Gasteiger partial charge on any atom is 0.211 e. The molecule has 0 bridgehead atoms. The average molecular weight is 250 g/mol. The summed E-state index contributed by atoms with van der Waals surface area (Å²) in [6.07, 6.45) is 2.65. The third-order valence-corrected chi connectivity index (χ3v) is 4.26. The Morgan fingerprint density at radius 2 is 1.88 bits per heavy atom. The van der Waals surface area contributed by atoms with Gasteiger partial charge in [0.2, 0.25) is 10.0 Å². The smallest absolute Gasteiger partial charge is 0.211 e. The Hall–Kier alpha value is -0.130. The zero-order valence-electron chi connectivity index (χ0n) is 10.9. The molecule has 0 spiro atoms. The number of sulfonamides is 1. The van der Waals surface area contributed by atoms with Gasteiger partial charge in [0, 0.05) is 6.04 Å². The Balaban J connectivity index is 3.95. The van der Waals surface area contributed by atoms with Crippen LogP contribution in [0.1, 0.15) is 40.0 Å². The van der Waals surface area contributed by atoms with Gasteiger partial charge in [-0.2, -0.15) is 0 Å². The molecule has 0 saturated heterocycles. The summed E-state index contributed by atoms with van der Waals surface area (Å²) in [6, 6.07) is 0.0366. The van der Waals surface area contributed by atoms with Gasteiger partial charge >= 0.3 is 0 Å². The molecule has 0 aromatic rings. The van der Waals surface area contributed by atoms with Crippen LogP contribution in [0.15, 0.2) is 0 Å². The summed E-state index contributed by atoms with van der Waals surface area (Å²) >= 11 is 0. The molecule has 4 nitrogen and oxygen atoms in total. The van der Waals surface area contributed by atoms with Crippen molar-refractivity contribution in [2.75, 3.05) is 19.3 Å². The fraction of sp³-hybridized carbons (Fsp3) is 1.00. The van der Waals surface area contributed by atoms with Crippen molar-refractivity contribution in [1.29, 1.82) is 0 Å². The molecule has 0 aliphatic rings. The van der Waals surface area contributed by atoms with Gasteiger partial charge in [-0.1, -0.05) is 20.3 Å². The van der Waals surface area contributed by atoms with E-state index in [-0.39, 0.29) is 11.8 Å². The minimum absolute atomic E-state index is 0.0366. The summed E-state index contributed by atoms with van der Waals surface area (Å²) in [6.45, 7) is 6.94. The van der Waals surface area contributed by atoms with Gasteiger partial charge in [0.25, 0.3) is 0 Å². The predicted octanol–water partition coefficient (Wildman–Crippen LogP) is 1.34. The molecule has 0 aliphatic carbocycles. The van der Waals surface area contributed by atoms with Crippen molar-refractivity contribution < 1.29 is 8.42 Å². The van der Waals surface area contributed by atoms with Crippen molar-refractivity contribution in [3.05, 3.63) is 0 Å². The molecule has 5 heteroatoms. The lowest BCUT2D eigenvalue weighted by Crippen LogP contribution is -2.36. The third kappa shape index (κ3) is 8.07. The first-order valence-corrected chi connectivity index (χ1v) is 7.71. The number of hydrogen-bond donors (Lipinski definition) is 2. The summed E-state index contributed by atoms with van der Waals surface area (Å²) in [5, 5.41) is 2.94. The largest absolute Gasteiger partial charge is 0.320 e. The molecule has 2 unspecified atom stereocenters. The Kier molecular flexibility index (Phi) is 7.97. The molecule has 0 aromatic carbocycles. The first-order valence-electron chi connectivity index (χ1n) is 6.05. The fourth-order valence-corrected chi connectivity index (χ4v) is 2.97. The molecule has 98 valence electrons. The standard InChI is InChI=1S/C11H26N2O2S/c1-5-10(2)9-11(3)13-16(14,15)8-6-7-12-4/h10-13H,5-9H2,1-4H3. The molecule has 0 saturated carbocycles. The summed E-state index contributed by atoms with van der Waals surface area (Å²) in [5.41, 5.74) is 0. The summed E-state index contributed by atoms with van der Waals surface area (Å²) in [5.74, 6) is 0.772. The van der Waals surface area contributed by atoms with E-state index in [4.69, 9.17) is 0 Å². The molecule has 0 fully saturated rings. The van der Waals surface area contributed by atoms with Crippen LogP contribution in [0.4, 0.5) is 0 Å². The van der Waals surface area contributed by atoms with Crippen molar-refractivity contribution in [3.8, 4) is 0 Å². The lowest BCUT2D eigenvalue weighted by Gasteiger charge is -2.17. The lowest BCUT2D eigenvalue weighted by atomic mass is 10.0. The Morgan fingerprint density at radius 1 is 1.25 bits per heavy atom. The van der Waals surface area contributed by atoms with Crippen molar-refractivity contribution in [2.24, 2.45) is 5.92 Å². The van der Waals surface area contributed by atoms with Crippen LogP contribution in [0.25, 0.3) is 0 Å². The molecule has 16 heavy (non-hydrogen) atoms. The molecule has 0 amide bonds. The quantitative estimate of drug-likeness (QED) is 0.607. The zero-order chi connectivity index (χ0) is 12.6. The highest BCUT2D eigenvalue weighted by Crippen LogP contribution is 2.10. The van der Waals surface area contributed by atoms with Crippen LogP contribution in [0.5, 0.6) is 0 Å². The minimum atomic E-state index is -3.10. The van der Waals surface area contributed by atoms with E-state index in [1.165, 1.54) is 0 Å². The fourth-order valence-electron chi connectivity index (χ4n) is 1.62. The summed E-state index contributed by atoms with van der Waals surface area (Å²) < 4.78 is 26.0. The molecule has 0 rings (SSSR count). The molecule has 0 aliphatic heterocycles. The van der Waals surface area contributed by atoms with E-state index in [2.05, 4.69) is 23.9 Å². The number of nitrogens with one attached hydrogen (secondary N) is 2. The Bertz CT molecular complexity index is 265. The van der Waals surface area contributed by atoms with Gasteiger partial charge in [0.05, 0.1) is 5.75 Å². The van der Waals surface area contributed by atoms with Gasteiger partial charge in [0.15, 0.2) is 0 Å². The first kappa shape index (κ1) is 15.9. The zero-order valence-corrected chi connectivity index (χ0v) is 11.7. The van der Waals surface area contributed by atoms with Crippen LogP contribution >= 0.6 is 0 Å². The second-order valence-electron chi connectivity index (χ2n) is 4.54. The minimum Gasteiger partial charge on any atom is -0.320 e. The van der Waals surface area contributed by atoms with Gasteiger partial charge in [-0.05, 0) is 39.3 Å². The highest BCUT2D eigenvalue weighted by Gasteiger charge is 2.15. The predicted molar refractivity (Wildman–Crippen MR) is 69.0 cm³/mol. The molecule has 2 N–H and O–H groups in total. The third-order valence-electron chi connectivity index (χ3n) is 2.67. The number of hydrogen-bond acceptors (Lipinski definition) is 3. The number of rotatable bonds is 9. The summed E-state index contributed by atoms with van der Waals surface area (Å²) in [7, 11) is -1.27. The molecule has 2 atom stereocenters. The maximum atomic E-state index is 11.6. The molecular formula is C11H26N2O2S. The maximum absolute atomic E-state index is 11.6. The van der Waals surface area contributed by atoms with Gasteiger partial charge in [-0.3, -0.25) is 0 Å². The van der Waals surface area contributed by atoms with Crippen LogP contribution in [-0.4, -0.2) is 33.8 Å². The van der Waals surface area contributed by atoms with Crippen molar-refractivity contribution in [2.45, 2.75) is 46.1 Å². The van der Waals surface area contributed by atoms with Crippen LogP contribution < -0.4 is 10.0 Å². The first-order chi connectivity index (χ1) is 7.41. The van der Waals surface area contributed by atoms with Crippen molar-refractivity contribution in [3.63, 3.8) is 0 Å². The van der Waals surface area contributed by atoms with Gasteiger partial charge in [-0.25, -0.2) is 13.1 Å². The van der Waals surface area contributed by atoms with E-state index >= 15 is 0 Å². The van der Waals surface area contributed by atoms with Crippen molar-refractivity contribution >= 4 is 10.0 Å². The van der Waals surface area contributed by atoms with Crippen molar-refractivity contribution in [1.82, 2.24) is 10.0 Å². The van der Waals surface area contributed by atoms with E-state index in [0.717, 1.165) is 19.4 Å². The van der Waals surface area contributed by atoms with E-state index in [1.807, 2.05) is 14.0 Å². The second-order valence-corrected chi connectivity index (χ2v) is 6.42. The monoisotopic (exact) mass is 250 g/mol. The molecule has 0 aromatic heterocycles. The van der Waals surface area contributed by atoms with E-state index in [0.29, 0.717) is 12.3 Å². The van der Waals surface area contributed by atoms with Gasteiger partial charge in [-0.15, -0.1) is 0 Å². The second kappa shape index (κ2) is 8.03. The topological polar surface area (TPSA) is 58.2 Å². The van der Waals surface area contributed by atoms with Crippen LogP contribution in [0.2, 0.25) is 0 Å². The average Bonchev–Trinajstić information content (AvgIpc) is 2.16. The van der Waals surface area contributed by atoms with Crippen LogP contribution in [0, 0.1) is 5.92 Å². The highest BCUT2D eigenvalue weighted by molar-refractivity contribution is 7.89. The van der Waals surface area contributed by atoms with E-state index in [1.54, 1.807) is 0 Å². The van der Waals surface area contributed by atoms with Gasteiger partial charge in [0.1, 0.15) is 0 Å². The molecule has 0 heterocycles. The normalized spacial score (nSPS) is 16.0. The summed E-state index contributed by atoms with van der Waals surface area (Å²) in [4.78, 5) is 0. The lowest BCUT2D eigenvalue weighted by molar-refractivity contribution is 0.445. The SMILES string of the molecule is CCC(C)CC(C)NS(=O)(=O)CCCNC. The van der Waals surface area contributed by atoms with Gasteiger partial charge < -0.3 is 5.32 Å². The van der Waals surface area contributed by atoms with Crippen LogP contribution in [0.3, 0.4) is 0 Å². The van der Waals surface area contributed by atoms with Crippen LogP contribution in [-0.2, 0) is 10.0 Å². The molecular weight excluding hydrogens is 224 g/mol.